The average molecular weight is 301 g/mol. The molecule has 0 amide bonds. The summed E-state index contributed by atoms with van der Waals surface area (Å²) in [6, 6.07) is 0. The van der Waals surface area contributed by atoms with E-state index in [0.29, 0.717) is 25.7 Å². The van der Waals surface area contributed by atoms with Crippen molar-refractivity contribution in [3.63, 3.8) is 0 Å². The van der Waals surface area contributed by atoms with Crippen LogP contribution >= 0.6 is 15.0 Å². The molecular weight excluding hydrogens is 276 g/mol. The third-order valence-electron chi connectivity index (χ3n) is 2.11. The normalized spacial score (nSPS) is 15.6. The van der Waals surface area contributed by atoms with Gasteiger partial charge in [-0.1, -0.05) is 0 Å². The monoisotopic (exact) mass is 301 g/mol. The molecule has 110 valence electrons. The Bertz CT molecular complexity index is 301. The lowest BCUT2D eigenvalue weighted by Gasteiger charge is -2.23. The van der Waals surface area contributed by atoms with Crippen molar-refractivity contribution in [2.24, 2.45) is 5.73 Å². The van der Waals surface area contributed by atoms with Crippen LogP contribution in [0.1, 0.15) is 27.2 Å². The summed E-state index contributed by atoms with van der Waals surface area (Å²) in [5, 5.41) is 0. The summed E-state index contributed by atoms with van der Waals surface area (Å²) >= 11 is 0. The molecule has 6 nitrogen and oxygen atoms in total. The molecule has 0 aromatic carbocycles. The Labute approximate surface area is 110 Å². The van der Waals surface area contributed by atoms with E-state index in [0.717, 1.165) is 0 Å². The lowest BCUT2D eigenvalue weighted by molar-refractivity contribution is 0.222. The summed E-state index contributed by atoms with van der Waals surface area (Å²) in [7, 11) is -6.35. The second-order valence-corrected chi connectivity index (χ2v) is 8.89. The van der Waals surface area contributed by atoms with Crippen molar-refractivity contribution in [2.75, 3.05) is 38.4 Å². The summed E-state index contributed by atoms with van der Waals surface area (Å²) in [5.74, 6) is -0.171. The molecule has 8 heteroatoms. The fraction of sp³-hybridized carbons (Fsp3) is 1.00. The van der Waals surface area contributed by atoms with Gasteiger partial charge in [0, 0.05) is 6.16 Å². The van der Waals surface area contributed by atoms with Gasteiger partial charge in [0.2, 0.25) is 7.37 Å². The molecule has 1 unspecified atom stereocenters. The molecule has 0 fully saturated rings. The van der Waals surface area contributed by atoms with Gasteiger partial charge < -0.3 is 19.3 Å². The molecule has 0 spiro atoms. The Morgan fingerprint density at radius 3 is 1.83 bits per heavy atom. The zero-order valence-corrected chi connectivity index (χ0v) is 13.3. The number of hydrogen-bond acceptors (Lipinski definition) is 6. The van der Waals surface area contributed by atoms with Crippen LogP contribution in [0.2, 0.25) is 0 Å². The van der Waals surface area contributed by atoms with E-state index >= 15 is 0 Å². The van der Waals surface area contributed by atoms with Crippen molar-refractivity contribution in [2.45, 2.75) is 27.2 Å². The quantitative estimate of drug-likeness (QED) is 0.590. The van der Waals surface area contributed by atoms with E-state index in [1.807, 2.05) is 0 Å². The Morgan fingerprint density at radius 1 is 0.944 bits per heavy atom. The fourth-order valence-electron chi connectivity index (χ4n) is 1.52. The lowest BCUT2D eigenvalue weighted by Crippen LogP contribution is -2.09. The summed E-state index contributed by atoms with van der Waals surface area (Å²) in [5.41, 5.74) is 5.40. The van der Waals surface area contributed by atoms with E-state index in [2.05, 4.69) is 0 Å². The van der Waals surface area contributed by atoms with Gasteiger partial charge in [-0.2, -0.15) is 0 Å². The van der Waals surface area contributed by atoms with E-state index in [1.165, 1.54) is 0 Å². The van der Waals surface area contributed by atoms with Crippen molar-refractivity contribution >= 4 is 15.0 Å². The van der Waals surface area contributed by atoms with Crippen LogP contribution in [0, 0.1) is 0 Å². The SMILES string of the molecule is CCOP(=O)(CCCN)CP(=O)(OCC)OCC. The molecule has 0 saturated carbocycles. The topological polar surface area (TPSA) is 87.9 Å². The molecule has 0 aromatic rings. The van der Waals surface area contributed by atoms with Crippen molar-refractivity contribution < 1.29 is 22.7 Å². The first-order valence-corrected chi connectivity index (χ1v) is 9.98. The third kappa shape index (κ3) is 7.03. The van der Waals surface area contributed by atoms with Crippen LogP contribution in [0.15, 0.2) is 0 Å². The summed E-state index contributed by atoms with van der Waals surface area (Å²) in [4.78, 5) is 0. The highest BCUT2D eigenvalue weighted by Gasteiger charge is 2.36. The highest BCUT2D eigenvalue weighted by molar-refractivity contribution is 7.73. The van der Waals surface area contributed by atoms with Gasteiger partial charge in [0.1, 0.15) is 5.90 Å². The van der Waals surface area contributed by atoms with Crippen molar-refractivity contribution in [1.29, 1.82) is 0 Å². The molecule has 18 heavy (non-hydrogen) atoms. The van der Waals surface area contributed by atoms with Gasteiger partial charge in [0.25, 0.3) is 0 Å². The highest BCUT2D eigenvalue weighted by atomic mass is 31.2. The first kappa shape index (κ1) is 18.3. The van der Waals surface area contributed by atoms with Gasteiger partial charge in [-0.15, -0.1) is 0 Å². The minimum Gasteiger partial charge on any atom is -0.330 e. The predicted molar refractivity (Wildman–Crippen MR) is 73.5 cm³/mol. The molecule has 0 heterocycles. The minimum absolute atomic E-state index is 0.171. The summed E-state index contributed by atoms with van der Waals surface area (Å²) in [6.45, 7) is 6.42. The zero-order chi connectivity index (χ0) is 14.1. The van der Waals surface area contributed by atoms with E-state index in [-0.39, 0.29) is 19.1 Å². The summed E-state index contributed by atoms with van der Waals surface area (Å²) < 4.78 is 40.4. The summed E-state index contributed by atoms with van der Waals surface area (Å²) in [6.07, 6.45) is 0.872. The lowest BCUT2D eigenvalue weighted by atomic mass is 10.5. The maximum atomic E-state index is 12.5. The van der Waals surface area contributed by atoms with Gasteiger partial charge in [0.05, 0.1) is 19.8 Å². The van der Waals surface area contributed by atoms with Crippen LogP contribution < -0.4 is 5.73 Å². The molecular formula is C10H25NO5P2. The minimum atomic E-state index is -3.34. The van der Waals surface area contributed by atoms with Crippen LogP contribution in [-0.2, 0) is 22.7 Å². The third-order valence-corrected chi connectivity index (χ3v) is 8.25. The molecule has 0 bridgehead atoms. The van der Waals surface area contributed by atoms with E-state index < -0.39 is 15.0 Å². The maximum absolute atomic E-state index is 12.5. The van der Waals surface area contributed by atoms with Crippen molar-refractivity contribution in [1.82, 2.24) is 0 Å². The van der Waals surface area contributed by atoms with Gasteiger partial charge in [-0.25, -0.2) is 0 Å². The van der Waals surface area contributed by atoms with Gasteiger partial charge in [0.15, 0.2) is 0 Å². The Balaban J connectivity index is 4.79. The fourth-order valence-corrected chi connectivity index (χ4v) is 7.30. The predicted octanol–water partition coefficient (Wildman–Crippen LogP) is 2.87. The number of nitrogens with two attached hydrogens (primary N) is 1. The molecule has 0 aliphatic rings. The van der Waals surface area contributed by atoms with Gasteiger partial charge >= 0.3 is 7.60 Å². The standard InChI is InChI=1S/C10H25NO5P2/c1-4-14-17(12,9-7-8-11)10-18(13,15-5-2)16-6-3/h4-11H2,1-3H3. The van der Waals surface area contributed by atoms with E-state index in [4.69, 9.17) is 19.3 Å². The molecule has 2 N–H and O–H groups in total. The van der Waals surface area contributed by atoms with E-state index in [1.54, 1.807) is 20.8 Å². The maximum Gasteiger partial charge on any atom is 0.340 e. The van der Waals surface area contributed by atoms with Crippen LogP contribution in [0.3, 0.4) is 0 Å². The molecule has 1 atom stereocenters. The molecule has 0 aliphatic carbocycles. The molecule has 0 rings (SSSR count). The Morgan fingerprint density at radius 2 is 1.44 bits per heavy atom. The Kier molecular flexibility index (Phi) is 9.40. The molecule has 0 aromatic heterocycles. The molecule has 0 radical (unpaired) electrons. The highest BCUT2D eigenvalue weighted by Crippen LogP contribution is 2.63. The van der Waals surface area contributed by atoms with Crippen LogP contribution in [0.5, 0.6) is 0 Å². The van der Waals surface area contributed by atoms with Crippen molar-refractivity contribution in [3.8, 4) is 0 Å². The zero-order valence-electron chi connectivity index (χ0n) is 11.5. The van der Waals surface area contributed by atoms with Crippen LogP contribution in [-0.4, -0.2) is 38.4 Å². The first-order chi connectivity index (χ1) is 8.45. The van der Waals surface area contributed by atoms with Gasteiger partial charge in [-0.05, 0) is 33.7 Å². The molecule has 0 aliphatic heterocycles. The number of hydrogen-bond donors (Lipinski definition) is 1. The second kappa shape index (κ2) is 9.24. The van der Waals surface area contributed by atoms with Crippen LogP contribution in [0.25, 0.3) is 0 Å². The number of rotatable bonds is 11. The first-order valence-electron chi connectivity index (χ1n) is 6.26. The van der Waals surface area contributed by atoms with Gasteiger partial charge in [-0.3, -0.25) is 9.13 Å². The largest absolute Gasteiger partial charge is 0.340 e. The van der Waals surface area contributed by atoms with E-state index in [9.17, 15) is 9.13 Å². The molecule has 0 saturated heterocycles. The smallest absolute Gasteiger partial charge is 0.330 e. The van der Waals surface area contributed by atoms with Crippen molar-refractivity contribution in [3.05, 3.63) is 0 Å². The second-order valence-electron chi connectivity index (χ2n) is 3.69. The van der Waals surface area contributed by atoms with Crippen LogP contribution in [0.4, 0.5) is 0 Å². The average Bonchev–Trinajstić information content (AvgIpc) is 2.27. The Hall–Kier alpha value is 0.300.